The van der Waals surface area contributed by atoms with Crippen LogP contribution in [0.1, 0.15) is 42.1 Å². The van der Waals surface area contributed by atoms with Gasteiger partial charge < -0.3 is 4.90 Å². The minimum absolute atomic E-state index is 0.139. The monoisotopic (exact) mass is 440 g/mol. The number of nitrogens with zero attached hydrogens (tertiary/aromatic N) is 2. The van der Waals surface area contributed by atoms with E-state index in [0.29, 0.717) is 5.57 Å². The zero-order valence-electron chi connectivity index (χ0n) is 16.1. The van der Waals surface area contributed by atoms with Gasteiger partial charge in [0.05, 0.1) is 22.6 Å². The van der Waals surface area contributed by atoms with Gasteiger partial charge in [0.1, 0.15) is 0 Å². The van der Waals surface area contributed by atoms with Crippen LogP contribution in [0.4, 0.5) is 18.0 Å². The molecule has 0 spiro atoms. The van der Waals surface area contributed by atoms with Crippen molar-refractivity contribution in [1.29, 1.82) is 0 Å². The second-order valence-electron chi connectivity index (χ2n) is 6.92. The summed E-state index contributed by atoms with van der Waals surface area (Å²) in [6.07, 6.45) is -3.88. The highest BCUT2D eigenvalue weighted by molar-refractivity contribution is 8.18. The van der Waals surface area contributed by atoms with Crippen molar-refractivity contribution in [2.24, 2.45) is 0 Å². The van der Waals surface area contributed by atoms with E-state index in [9.17, 15) is 32.3 Å². The molecule has 0 radical (unpaired) electrons. The highest BCUT2D eigenvalue weighted by atomic mass is 32.2. The van der Waals surface area contributed by atoms with Crippen molar-refractivity contribution in [3.05, 3.63) is 45.9 Å². The zero-order valence-corrected chi connectivity index (χ0v) is 16.9. The van der Waals surface area contributed by atoms with E-state index in [1.165, 1.54) is 17.0 Å². The van der Waals surface area contributed by atoms with Gasteiger partial charge in [-0.15, -0.1) is 0 Å². The third-order valence-corrected chi connectivity index (χ3v) is 6.08. The molecular weight excluding hydrogens is 421 g/mol. The number of imide groups is 1. The molecule has 0 aliphatic carbocycles. The second kappa shape index (κ2) is 8.63. The van der Waals surface area contributed by atoms with E-state index in [1.54, 1.807) is 6.92 Å². The van der Waals surface area contributed by atoms with Crippen molar-refractivity contribution >= 4 is 34.6 Å². The summed E-state index contributed by atoms with van der Waals surface area (Å²) in [5.74, 6) is -1.47. The first-order valence-electron chi connectivity index (χ1n) is 9.36. The van der Waals surface area contributed by atoms with Gasteiger partial charge in [0.25, 0.3) is 17.1 Å². The van der Waals surface area contributed by atoms with Crippen LogP contribution in [0.2, 0.25) is 0 Å². The Labute approximate surface area is 175 Å². The second-order valence-corrected chi connectivity index (χ2v) is 7.88. The number of halogens is 3. The normalized spacial score (nSPS) is 17.7. The van der Waals surface area contributed by atoms with Crippen molar-refractivity contribution in [2.45, 2.75) is 32.4 Å². The maximum absolute atomic E-state index is 13.2. The minimum Gasteiger partial charge on any atom is -0.338 e. The van der Waals surface area contributed by atoms with Crippen LogP contribution in [0.15, 0.2) is 34.7 Å². The van der Waals surface area contributed by atoms with Gasteiger partial charge in [-0.1, -0.05) is 19.1 Å². The molecular formula is C20H19F3N2O4S. The number of amides is 3. The lowest BCUT2D eigenvalue weighted by Crippen LogP contribution is -2.38. The van der Waals surface area contributed by atoms with E-state index in [1.807, 2.05) is 0 Å². The SMILES string of the molecule is CCC(=O)CN1C(=O)SC(=C2CCN(C(=O)c3ccccc3C(F)(F)F)CC2)C1=O. The quantitative estimate of drug-likeness (QED) is 0.665. The van der Waals surface area contributed by atoms with Gasteiger partial charge in [-0.25, -0.2) is 0 Å². The van der Waals surface area contributed by atoms with Crippen molar-refractivity contribution < 1.29 is 32.3 Å². The molecule has 2 aliphatic rings. The van der Waals surface area contributed by atoms with Gasteiger partial charge in [0, 0.05) is 19.5 Å². The molecule has 0 atom stereocenters. The Balaban J connectivity index is 1.73. The average molecular weight is 440 g/mol. The van der Waals surface area contributed by atoms with Crippen LogP contribution < -0.4 is 0 Å². The fourth-order valence-corrected chi connectivity index (χ4v) is 4.31. The summed E-state index contributed by atoms with van der Waals surface area (Å²) in [5, 5.41) is -0.512. The Morgan fingerprint density at radius 1 is 1.10 bits per heavy atom. The maximum Gasteiger partial charge on any atom is 0.417 e. The van der Waals surface area contributed by atoms with E-state index in [2.05, 4.69) is 0 Å². The third-order valence-electron chi connectivity index (χ3n) is 5.02. The maximum atomic E-state index is 13.2. The predicted molar refractivity (Wildman–Crippen MR) is 104 cm³/mol. The molecule has 0 aromatic heterocycles. The number of hydrogen-bond donors (Lipinski definition) is 0. The van der Waals surface area contributed by atoms with Crippen molar-refractivity contribution in [3.63, 3.8) is 0 Å². The highest BCUT2D eigenvalue weighted by Gasteiger charge is 2.39. The minimum atomic E-state index is -4.64. The Morgan fingerprint density at radius 2 is 1.73 bits per heavy atom. The molecule has 1 aromatic carbocycles. The number of thioether (sulfide) groups is 1. The molecule has 3 amide bonds. The Kier molecular flexibility index (Phi) is 6.35. The van der Waals surface area contributed by atoms with E-state index >= 15 is 0 Å². The number of rotatable bonds is 4. The predicted octanol–water partition coefficient (Wildman–Crippen LogP) is 3.87. The topological polar surface area (TPSA) is 74.8 Å². The van der Waals surface area contributed by atoms with Crippen LogP contribution in [-0.4, -0.2) is 52.3 Å². The number of piperidine rings is 1. The molecule has 2 saturated heterocycles. The zero-order chi connectivity index (χ0) is 22.1. The van der Waals surface area contributed by atoms with Crippen molar-refractivity contribution in [1.82, 2.24) is 9.80 Å². The van der Waals surface area contributed by atoms with Crippen LogP contribution in [0, 0.1) is 0 Å². The van der Waals surface area contributed by atoms with Crippen molar-refractivity contribution in [2.75, 3.05) is 19.6 Å². The summed E-state index contributed by atoms with van der Waals surface area (Å²) < 4.78 is 39.6. The van der Waals surface area contributed by atoms with Gasteiger partial charge in [-0.3, -0.25) is 24.1 Å². The number of hydrogen-bond acceptors (Lipinski definition) is 5. The first-order valence-corrected chi connectivity index (χ1v) is 10.2. The molecule has 6 nitrogen and oxygen atoms in total. The summed E-state index contributed by atoms with van der Waals surface area (Å²) in [7, 11) is 0. The Morgan fingerprint density at radius 3 is 2.33 bits per heavy atom. The number of carbonyl (C=O) groups is 4. The molecule has 2 aliphatic heterocycles. The molecule has 1 aromatic rings. The number of likely N-dealkylation sites (tertiary alicyclic amines) is 1. The lowest BCUT2D eigenvalue weighted by molar-refractivity contribution is -0.138. The summed E-state index contributed by atoms with van der Waals surface area (Å²) in [6.45, 7) is 1.65. The molecule has 0 N–H and O–H groups in total. The number of carbonyl (C=O) groups excluding carboxylic acids is 4. The van der Waals surface area contributed by atoms with Gasteiger partial charge >= 0.3 is 6.18 Å². The van der Waals surface area contributed by atoms with Crippen LogP contribution in [0.25, 0.3) is 0 Å². The Bertz CT molecular complexity index is 932. The van der Waals surface area contributed by atoms with Crippen LogP contribution in [0.3, 0.4) is 0 Å². The molecule has 2 fully saturated rings. The molecule has 0 bridgehead atoms. The first-order chi connectivity index (χ1) is 14.1. The fourth-order valence-electron chi connectivity index (χ4n) is 3.33. The average Bonchev–Trinajstić information content (AvgIpc) is 3.00. The fraction of sp³-hybridized carbons (Fsp3) is 0.400. The van der Waals surface area contributed by atoms with Gasteiger partial charge in [-0.2, -0.15) is 13.2 Å². The largest absolute Gasteiger partial charge is 0.417 e. The van der Waals surface area contributed by atoms with Gasteiger partial charge in [0.15, 0.2) is 5.78 Å². The number of ketones is 1. The molecule has 10 heteroatoms. The highest BCUT2D eigenvalue weighted by Crippen LogP contribution is 2.37. The summed E-state index contributed by atoms with van der Waals surface area (Å²) in [4.78, 5) is 51.4. The number of alkyl halides is 3. The van der Waals surface area contributed by atoms with Gasteiger partial charge in [-0.05, 0) is 42.3 Å². The molecule has 30 heavy (non-hydrogen) atoms. The molecule has 0 unspecified atom stereocenters. The third kappa shape index (κ3) is 4.43. The standard InChI is InChI=1S/C20H19F3N2O4S/c1-2-13(26)11-25-18(28)16(30-19(25)29)12-7-9-24(10-8-12)17(27)14-5-3-4-6-15(14)20(21,22)23/h3-6H,2,7-11H2,1H3. The van der Waals surface area contributed by atoms with Crippen molar-refractivity contribution in [3.8, 4) is 0 Å². The summed E-state index contributed by atoms with van der Waals surface area (Å²) in [6, 6.07) is 4.63. The molecule has 160 valence electrons. The Hall–Kier alpha value is -2.62. The van der Waals surface area contributed by atoms with E-state index in [0.717, 1.165) is 28.8 Å². The van der Waals surface area contributed by atoms with Crippen LogP contribution in [0.5, 0.6) is 0 Å². The molecule has 2 heterocycles. The molecule has 0 saturated carbocycles. The first kappa shape index (κ1) is 22.1. The lowest BCUT2D eigenvalue weighted by atomic mass is 10.0. The summed E-state index contributed by atoms with van der Waals surface area (Å²) >= 11 is 0.765. The summed E-state index contributed by atoms with van der Waals surface area (Å²) in [5.41, 5.74) is -0.715. The van der Waals surface area contributed by atoms with Crippen LogP contribution >= 0.6 is 11.8 Å². The van der Waals surface area contributed by atoms with E-state index in [-0.39, 0.29) is 49.6 Å². The smallest absolute Gasteiger partial charge is 0.338 e. The van der Waals surface area contributed by atoms with E-state index < -0.39 is 34.4 Å². The van der Waals surface area contributed by atoms with Gasteiger partial charge in [0.2, 0.25) is 0 Å². The van der Waals surface area contributed by atoms with Crippen LogP contribution in [-0.2, 0) is 15.8 Å². The molecule has 3 rings (SSSR count). The number of Topliss-reactive ketones (excluding diaryl/α,β-unsaturated/α-hetero) is 1. The van der Waals surface area contributed by atoms with E-state index in [4.69, 9.17) is 0 Å². The lowest BCUT2D eigenvalue weighted by Gasteiger charge is -2.29. The number of benzene rings is 1.